The standard InChI is InChI=1S/C28H28N4O2.C2H7N/c1-20-27(33-24-8-5-22(18-29)6-9-24)12-10-25-26(31-34-28(20)25)11-7-21-13-16-32(17-14-21)19-23-4-2-3-15-30-23;1-3-2/h2-6,8-10,12,15,21H,7,11,13-14,16-17,19H2,1H3;3H,1-2H3. The van der Waals surface area contributed by atoms with Gasteiger partial charge in [-0.3, -0.25) is 9.88 Å². The molecule has 0 radical (unpaired) electrons. The lowest BCUT2D eigenvalue weighted by atomic mass is 9.91. The van der Waals surface area contributed by atoms with Crippen molar-refractivity contribution in [3.63, 3.8) is 0 Å². The number of rotatable bonds is 7. The number of fused-ring (bicyclic) bond motifs is 1. The largest absolute Gasteiger partial charge is 0.457 e. The summed E-state index contributed by atoms with van der Waals surface area (Å²) in [6.45, 7) is 5.17. The van der Waals surface area contributed by atoms with E-state index in [2.05, 4.69) is 38.6 Å². The van der Waals surface area contributed by atoms with Crippen molar-refractivity contribution in [1.29, 1.82) is 5.26 Å². The van der Waals surface area contributed by atoms with Gasteiger partial charge in [0.1, 0.15) is 11.5 Å². The molecule has 0 bridgehead atoms. The summed E-state index contributed by atoms with van der Waals surface area (Å²) in [5, 5.41) is 17.2. The quantitative estimate of drug-likeness (QED) is 0.341. The minimum absolute atomic E-state index is 0.610. The Morgan fingerprint density at radius 3 is 2.51 bits per heavy atom. The molecule has 1 N–H and O–H groups in total. The summed E-state index contributed by atoms with van der Waals surface area (Å²) in [5.41, 5.74) is 4.50. The molecule has 1 saturated heterocycles. The van der Waals surface area contributed by atoms with Crippen molar-refractivity contribution in [3.8, 4) is 17.6 Å². The molecule has 1 fully saturated rings. The number of pyridine rings is 1. The van der Waals surface area contributed by atoms with Gasteiger partial charge in [0.05, 0.1) is 23.0 Å². The van der Waals surface area contributed by atoms with E-state index in [0.717, 1.165) is 66.1 Å². The minimum atomic E-state index is 0.610. The van der Waals surface area contributed by atoms with E-state index in [9.17, 15) is 0 Å². The number of benzene rings is 2. The molecule has 5 rings (SSSR count). The minimum Gasteiger partial charge on any atom is -0.457 e. The number of piperidine rings is 1. The van der Waals surface area contributed by atoms with Gasteiger partial charge in [-0.1, -0.05) is 11.2 Å². The Balaban J connectivity index is 0.00000102. The molecule has 3 heterocycles. The summed E-state index contributed by atoms with van der Waals surface area (Å²) in [5.74, 6) is 2.14. The Morgan fingerprint density at radius 2 is 1.84 bits per heavy atom. The second kappa shape index (κ2) is 13.0. The van der Waals surface area contributed by atoms with Crippen LogP contribution in [-0.2, 0) is 13.0 Å². The Kier molecular flexibility index (Phi) is 9.25. The van der Waals surface area contributed by atoms with Crippen LogP contribution in [0.5, 0.6) is 11.5 Å². The summed E-state index contributed by atoms with van der Waals surface area (Å²) >= 11 is 0. The van der Waals surface area contributed by atoms with Crippen LogP contribution in [0.25, 0.3) is 11.0 Å². The van der Waals surface area contributed by atoms with Gasteiger partial charge in [-0.2, -0.15) is 5.26 Å². The number of ether oxygens (including phenoxy) is 1. The zero-order chi connectivity index (χ0) is 26.0. The first kappa shape index (κ1) is 26.3. The SMILES string of the molecule is CNC.Cc1c(Oc2ccc(C#N)cc2)ccc2c(CCC3CCN(Cc4ccccn4)CC3)noc12. The molecule has 0 spiro atoms. The van der Waals surface area contributed by atoms with Gasteiger partial charge < -0.3 is 14.6 Å². The molecule has 1 aliphatic heterocycles. The predicted octanol–water partition coefficient (Wildman–Crippen LogP) is 5.88. The maximum atomic E-state index is 8.96. The number of nitrogens with zero attached hydrogens (tertiary/aromatic N) is 4. The summed E-state index contributed by atoms with van der Waals surface area (Å²) in [4.78, 5) is 6.96. The van der Waals surface area contributed by atoms with Crippen LogP contribution in [0.4, 0.5) is 0 Å². The van der Waals surface area contributed by atoms with Crippen LogP contribution in [0, 0.1) is 24.2 Å². The molecule has 0 unspecified atom stereocenters. The summed E-state index contributed by atoms with van der Waals surface area (Å²) < 4.78 is 11.8. The third kappa shape index (κ3) is 6.94. The molecule has 2 aromatic heterocycles. The van der Waals surface area contributed by atoms with E-state index in [0.29, 0.717) is 17.2 Å². The van der Waals surface area contributed by atoms with Crippen molar-refractivity contribution in [1.82, 2.24) is 20.4 Å². The second-order valence-corrected chi connectivity index (χ2v) is 9.51. The maximum Gasteiger partial charge on any atom is 0.173 e. The van der Waals surface area contributed by atoms with Crippen molar-refractivity contribution >= 4 is 11.0 Å². The van der Waals surface area contributed by atoms with E-state index in [1.54, 1.807) is 24.3 Å². The number of nitrogens with one attached hydrogen (secondary N) is 1. The monoisotopic (exact) mass is 497 g/mol. The van der Waals surface area contributed by atoms with E-state index >= 15 is 0 Å². The van der Waals surface area contributed by atoms with E-state index in [4.69, 9.17) is 14.5 Å². The molecule has 1 aliphatic rings. The van der Waals surface area contributed by atoms with E-state index in [1.165, 1.54) is 12.8 Å². The molecule has 2 aromatic carbocycles. The fraction of sp³-hybridized carbons (Fsp3) is 0.367. The molecule has 4 aromatic rings. The Bertz CT molecular complexity index is 1300. The molecular weight excluding hydrogens is 462 g/mol. The highest BCUT2D eigenvalue weighted by Gasteiger charge is 2.21. The van der Waals surface area contributed by atoms with Crippen LogP contribution in [0.3, 0.4) is 0 Å². The van der Waals surface area contributed by atoms with Gasteiger partial charge in [0.2, 0.25) is 0 Å². The van der Waals surface area contributed by atoms with Crippen LogP contribution in [-0.4, -0.2) is 42.2 Å². The predicted molar refractivity (Wildman–Crippen MR) is 146 cm³/mol. The molecule has 0 aliphatic carbocycles. The first-order chi connectivity index (χ1) is 18.1. The van der Waals surface area contributed by atoms with E-state index < -0.39 is 0 Å². The van der Waals surface area contributed by atoms with Crippen LogP contribution in [0.15, 0.2) is 65.3 Å². The molecule has 7 heteroatoms. The zero-order valence-electron chi connectivity index (χ0n) is 21.9. The lowest BCUT2D eigenvalue weighted by Gasteiger charge is -2.31. The van der Waals surface area contributed by atoms with Crippen molar-refractivity contribution in [3.05, 3.63) is 83.3 Å². The van der Waals surface area contributed by atoms with Crippen molar-refractivity contribution in [2.24, 2.45) is 5.92 Å². The van der Waals surface area contributed by atoms with E-state index in [1.807, 2.05) is 45.4 Å². The molecule has 192 valence electrons. The van der Waals surface area contributed by atoms with Gasteiger partial charge in [-0.25, -0.2) is 0 Å². The van der Waals surface area contributed by atoms with Crippen LogP contribution >= 0.6 is 0 Å². The number of nitriles is 1. The number of aryl methyl sites for hydroxylation is 2. The summed E-state index contributed by atoms with van der Waals surface area (Å²) in [6, 6.07) is 19.4. The first-order valence-electron chi connectivity index (χ1n) is 12.9. The third-order valence-corrected chi connectivity index (χ3v) is 6.73. The number of hydrogen-bond acceptors (Lipinski definition) is 7. The molecule has 37 heavy (non-hydrogen) atoms. The molecule has 7 nitrogen and oxygen atoms in total. The molecular formula is C30H35N5O2. The van der Waals surface area contributed by atoms with Crippen LogP contribution < -0.4 is 10.1 Å². The highest BCUT2D eigenvalue weighted by Crippen LogP contribution is 2.33. The van der Waals surface area contributed by atoms with Gasteiger partial charge in [0.15, 0.2) is 5.58 Å². The number of likely N-dealkylation sites (tertiary alicyclic amines) is 1. The Hall–Kier alpha value is -3.73. The fourth-order valence-electron chi connectivity index (χ4n) is 4.68. The topological polar surface area (TPSA) is 87.2 Å². The van der Waals surface area contributed by atoms with E-state index in [-0.39, 0.29) is 0 Å². The summed E-state index contributed by atoms with van der Waals surface area (Å²) in [7, 11) is 3.75. The number of hydrogen-bond donors (Lipinski definition) is 1. The number of aromatic nitrogens is 2. The van der Waals surface area contributed by atoms with Gasteiger partial charge in [-0.05, 0) is 114 Å². The molecule has 0 amide bonds. The summed E-state index contributed by atoms with van der Waals surface area (Å²) in [6.07, 6.45) is 6.34. The first-order valence-corrected chi connectivity index (χ1v) is 12.9. The smallest absolute Gasteiger partial charge is 0.173 e. The highest BCUT2D eigenvalue weighted by atomic mass is 16.5. The lowest BCUT2D eigenvalue weighted by molar-refractivity contribution is 0.170. The van der Waals surface area contributed by atoms with Gasteiger partial charge >= 0.3 is 0 Å². The van der Waals surface area contributed by atoms with Crippen molar-refractivity contribution in [2.75, 3.05) is 27.2 Å². The van der Waals surface area contributed by atoms with Gasteiger partial charge in [0.25, 0.3) is 0 Å². The average Bonchev–Trinajstić information content (AvgIpc) is 3.35. The Morgan fingerprint density at radius 1 is 1.08 bits per heavy atom. The second-order valence-electron chi connectivity index (χ2n) is 9.51. The fourth-order valence-corrected chi connectivity index (χ4v) is 4.68. The van der Waals surface area contributed by atoms with Gasteiger partial charge in [-0.15, -0.1) is 0 Å². The lowest BCUT2D eigenvalue weighted by Crippen LogP contribution is -2.33. The highest BCUT2D eigenvalue weighted by molar-refractivity contribution is 5.84. The zero-order valence-corrected chi connectivity index (χ0v) is 21.9. The normalized spacial score (nSPS) is 14.1. The van der Waals surface area contributed by atoms with Crippen LogP contribution in [0.2, 0.25) is 0 Å². The van der Waals surface area contributed by atoms with Crippen molar-refractivity contribution in [2.45, 2.75) is 39.2 Å². The van der Waals surface area contributed by atoms with Gasteiger partial charge in [0, 0.05) is 23.7 Å². The van der Waals surface area contributed by atoms with Crippen molar-refractivity contribution < 1.29 is 9.26 Å². The van der Waals surface area contributed by atoms with Crippen LogP contribution in [0.1, 0.15) is 41.8 Å². The molecule has 0 saturated carbocycles. The Labute approximate surface area is 219 Å². The average molecular weight is 498 g/mol. The third-order valence-electron chi connectivity index (χ3n) is 6.73. The molecule has 0 atom stereocenters. The maximum absolute atomic E-state index is 8.96.